The fourth-order valence-electron chi connectivity index (χ4n) is 3.15. The van der Waals surface area contributed by atoms with E-state index in [-0.39, 0.29) is 44.2 Å². The van der Waals surface area contributed by atoms with Crippen molar-refractivity contribution >= 4 is 80.7 Å². The van der Waals surface area contributed by atoms with Gasteiger partial charge in [0.2, 0.25) is 0 Å². The zero-order valence-corrected chi connectivity index (χ0v) is 24.9. The second kappa shape index (κ2) is 15.5. The van der Waals surface area contributed by atoms with Crippen molar-refractivity contribution in [2.24, 2.45) is 10.8 Å². The van der Waals surface area contributed by atoms with Gasteiger partial charge in [-0.25, -0.2) is 0 Å². The molecule has 0 aliphatic rings. The highest BCUT2D eigenvalue weighted by Gasteiger charge is 2.31. The monoisotopic (exact) mass is 642 g/mol. The van der Waals surface area contributed by atoms with E-state index in [1.165, 1.54) is 24.3 Å². The number of halogens is 2. The van der Waals surface area contributed by atoms with Crippen molar-refractivity contribution in [3.63, 3.8) is 0 Å². The lowest BCUT2D eigenvalue weighted by atomic mass is 9.85. The number of hydrogen-bond acceptors (Lipinski definition) is 10. The molecular formula is C28H28Cl2MgN4O8. The van der Waals surface area contributed by atoms with Gasteiger partial charge in [0.25, 0.3) is 11.4 Å². The first-order valence-electron chi connectivity index (χ1n) is 11.8. The molecule has 0 unspecified atom stereocenters. The van der Waals surface area contributed by atoms with Crippen LogP contribution in [0.4, 0.5) is 11.4 Å². The molecule has 0 spiro atoms. The minimum atomic E-state index is -0.903. The molecule has 224 valence electrons. The normalized spacial score (nSPS) is 12.0. The van der Waals surface area contributed by atoms with Gasteiger partial charge in [-0.05, 0) is 24.3 Å². The molecule has 2 aromatic rings. The van der Waals surface area contributed by atoms with Crippen LogP contribution in [0.5, 0.6) is 0 Å². The quantitative estimate of drug-likeness (QED) is 0.0884. The minimum absolute atomic E-state index is 0. The molecule has 0 heterocycles. The predicted molar refractivity (Wildman–Crippen MR) is 164 cm³/mol. The number of Topliss-reactive ketones (excluding diaryl/α,β-unsaturated/α-hetero) is 2. The van der Waals surface area contributed by atoms with Crippen molar-refractivity contribution in [2.45, 2.75) is 41.5 Å². The molecule has 0 bridgehead atoms. The van der Waals surface area contributed by atoms with Crippen LogP contribution in [0.25, 0.3) is 11.5 Å². The van der Waals surface area contributed by atoms with Gasteiger partial charge in [0, 0.05) is 33.0 Å². The first-order chi connectivity index (χ1) is 19.2. The van der Waals surface area contributed by atoms with E-state index in [4.69, 9.17) is 33.7 Å². The average molecular weight is 644 g/mol. The molecule has 12 nitrogen and oxygen atoms in total. The van der Waals surface area contributed by atoms with E-state index in [9.17, 15) is 40.0 Å². The number of ketones is 2. The molecule has 0 amide bonds. The molecule has 2 aromatic carbocycles. The Morgan fingerprint density at radius 1 is 0.721 bits per heavy atom. The Hall–Kier alpha value is -4.01. The van der Waals surface area contributed by atoms with Gasteiger partial charge in [0.15, 0.2) is 23.1 Å². The maximum Gasteiger partial charge on any atom is 0.316 e. The summed E-state index contributed by atoms with van der Waals surface area (Å²) in [4.78, 5) is 44.8. The van der Waals surface area contributed by atoms with Gasteiger partial charge in [-0.3, -0.25) is 29.8 Å². The number of carbonyl (C=O) groups is 2. The van der Waals surface area contributed by atoms with Crippen LogP contribution in [0.15, 0.2) is 47.5 Å². The molecule has 0 aliphatic carbocycles. The molecule has 0 radical (unpaired) electrons. The highest BCUT2D eigenvalue weighted by Crippen LogP contribution is 2.33. The summed E-state index contributed by atoms with van der Waals surface area (Å²) in [6.07, 6.45) is 0. The highest BCUT2D eigenvalue weighted by atomic mass is 35.5. The topological polar surface area (TPSA) is 208 Å². The number of nitrogens with zero attached hydrogens (tertiary/aromatic N) is 4. The molecule has 0 aliphatic heterocycles. The van der Waals surface area contributed by atoms with Crippen molar-refractivity contribution in [1.82, 2.24) is 0 Å². The number of aliphatic hydroxyl groups excluding tert-OH is 2. The summed E-state index contributed by atoms with van der Waals surface area (Å²) >= 11 is 11.4. The lowest BCUT2D eigenvalue weighted by Gasteiger charge is -2.16. The fraction of sp³-hybridized carbons (Fsp3) is 0.286. The first kappa shape index (κ1) is 39.0. The van der Waals surface area contributed by atoms with Gasteiger partial charge in [0.1, 0.15) is 23.3 Å². The number of aliphatic hydroxyl groups is 2. The number of nitro groups is 2. The lowest BCUT2D eigenvalue weighted by Crippen LogP contribution is -2.22. The largest absolute Gasteiger partial charge is 0.506 e. The number of nitriles is 2. The maximum atomic E-state index is 12.1. The van der Waals surface area contributed by atoms with E-state index in [1.54, 1.807) is 53.7 Å². The number of nitro benzene ring substituents is 2. The molecule has 2 rings (SSSR count). The number of benzene rings is 2. The van der Waals surface area contributed by atoms with Crippen LogP contribution in [0.1, 0.15) is 52.7 Å². The Bertz CT molecular complexity index is 1490. The Labute approximate surface area is 273 Å². The second-order valence-electron chi connectivity index (χ2n) is 10.7. The summed E-state index contributed by atoms with van der Waals surface area (Å²) in [5.41, 5.74) is -4.25. The van der Waals surface area contributed by atoms with E-state index in [1.807, 2.05) is 0 Å². The molecule has 15 heteroatoms. The van der Waals surface area contributed by atoms with Crippen LogP contribution in [0.2, 0.25) is 10.0 Å². The summed E-state index contributed by atoms with van der Waals surface area (Å²) in [7, 11) is 0. The molecule has 43 heavy (non-hydrogen) atoms. The molecule has 0 aromatic heterocycles. The highest BCUT2D eigenvalue weighted by molar-refractivity contribution is 6.31. The summed E-state index contributed by atoms with van der Waals surface area (Å²) < 4.78 is 0. The van der Waals surface area contributed by atoms with E-state index in [0.29, 0.717) is 0 Å². The zero-order chi connectivity index (χ0) is 32.7. The standard InChI is InChI=1S/2C14H13ClN2O4.Mg.2H/c2*1-14(2,3)13(19)10(7-16)12(18)9-5-4-8(15)6-11(9)17(20)21;;;/h2*4-6,18H,1-3H3;;;. The Kier molecular flexibility index (Phi) is 14.0. The molecular weight excluding hydrogens is 616 g/mol. The Balaban J connectivity index is 0.000000802. The van der Waals surface area contributed by atoms with Crippen LogP contribution >= 0.6 is 23.2 Å². The summed E-state index contributed by atoms with van der Waals surface area (Å²) in [5.74, 6) is -2.65. The molecule has 2 N–H and O–H groups in total. The number of carbonyl (C=O) groups excluding carboxylic acids is 2. The third kappa shape index (κ3) is 10.0. The minimum Gasteiger partial charge on any atom is -0.506 e. The molecule has 0 saturated carbocycles. The van der Waals surface area contributed by atoms with Crippen LogP contribution in [0.3, 0.4) is 0 Å². The number of hydrogen-bond donors (Lipinski definition) is 2. The van der Waals surface area contributed by atoms with Gasteiger partial charge >= 0.3 is 23.1 Å². The number of allylic oxidation sites excluding steroid dienone is 2. The summed E-state index contributed by atoms with van der Waals surface area (Å²) in [6.45, 7) is 9.48. The molecule has 0 atom stereocenters. The van der Waals surface area contributed by atoms with Crippen LogP contribution in [-0.4, -0.2) is 54.7 Å². The molecule has 0 saturated heterocycles. The van der Waals surface area contributed by atoms with E-state index in [2.05, 4.69) is 0 Å². The fourth-order valence-corrected chi connectivity index (χ4v) is 3.49. The number of rotatable bonds is 6. The van der Waals surface area contributed by atoms with Crippen molar-refractivity contribution in [1.29, 1.82) is 10.5 Å². The predicted octanol–water partition coefficient (Wildman–Crippen LogP) is 6.40. The maximum absolute atomic E-state index is 12.1. The molecule has 0 fully saturated rings. The van der Waals surface area contributed by atoms with Crippen molar-refractivity contribution in [3.05, 3.63) is 88.9 Å². The third-order valence-electron chi connectivity index (χ3n) is 5.34. The average Bonchev–Trinajstić information content (AvgIpc) is 2.88. The Morgan fingerprint density at radius 2 is 1.00 bits per heavy atom. The van der Waals surface area contributed by atoms with Crippen molar-refractivity contribution in [2.75, 3.05) is 0 Å². The van der Waals surface area contributed by atoms with Crippen LogP contribution in [-0.2, 0) is 9.59 Å². The smallest absolute Gasteiger partial charge is 0.316 e. The van der Waals surface area contributed by atoms with Crippen LogP contribution in [0, 0.1) is 53.7 Å². The summed E-state index contributed by atoms with van der Waals surface area (Å²) in [6, 6.07) is 10.4. The third-order valence-corrected chi connectivity index (χ3v) is 5.81. The SMILES string of the molecule is CC(C)(C)C(=O)C(C#N)=C(O)c1ccc(Cl)cc1[N+](=O)[O-].CC(C)(C)C(=O)C(C#N)=C(O)c1ccc(Cl)cc1[N+](=O)[O-].[MgH2]. The van der Waals surface area contributed by atoms with Gasteiger partial charge in [-0.1, -0.05) is 64.7 Å². The zero-order valence-electron chi connectivity index (χ0n) is 23.4. The van der Waals surface area contributed by atoms with E-state index in [0.717, 1.165) is 12.1 Å². The van der Waals surface area contributed by atoms with Crippen molar-refractivity contribution in [3.8, 4) is 12.1 Å². The van der Waals surface area contributed by atoms with E-state index < -0.39 is 66.3 Å². The van der Waals surface area contributed by atoms with Gasteiger partial charge < -0.3 is 10.2 Å². The second-order valence-corrected chi connectivity index (χ2v) is 11.5. The van der Waals surface area contributed by atoms with Gasteiger partial charge in [-0.2, -0.15) is 10.5 Å². The van der Waals surface area contributed by atoms with Gasteiger partial charge in [-0.15, -0.1) is 0 Å². The van der Waals surface area contributed by atoms with Crippen molar-refractivity contribution < 1.29 is 29.6 Å². The summed E-state index contributed by atoms with van der Waals surface area (Å²) in [5, 5.41) is 60.7. The Morgan fingerprint density at radius 3 is 1.21 bits per heavy atom. The van der Waals surface area contributed by atoms with E-state index >= 15 is 0 Å². The van der Waals surface area contributed by atoms with Crippen LogP contribution < -0.4 is 0 Å². The first-order valence-corrected chi connectivity index (χ1v) is 12.6. The van der Waals surface area contributed by atoms with Gasteiger partial charge in [0.05, 0.1) is 21.0 Å². The lowest BCUT2D eigenvalue weighted by molar-refractivity contribution is -0.385.